The Labute approximate surface area is 169 Å². The molecule has 0 bridgehead atoms. The molecule has 0 radical (unpaired) electrons. The highest BCUT2D eigenvalue weighted by Crippen LogP contribution is 2.22. The molecule has 0 saturated heterocycles. The number of benzene rings is 2. The number of amides is 2. The Hall–Kier alpha value is -2.42. The average Bonchev–Trinajstić information content (AvgIpc) is 2.66. The molecule has 2 N–H and O–H groups in total. The predicted molar refractivity (Wildman–Crippen MR) is 109 cm³/mol. The lowest BCUT2D eigenvalue weighted by Gasteiger charge is -2.12. The molecule has 0 unspecified atom stereocenters. The highest BCUT2D eigenvalue weighted by molar-refractivity contribution is 7.89. The van der Waals surface area contributed by atoms with Gasteiger partial charge in [-0.25, -0.2) is 12.7 Å². The minimum Gasteiger partial charge on any atom is -0.352 e. The van der Waals surface area contributed by atoms with Gasteiger partial charge in [0.25, 0.3) is 11.8 Å². The van der Waals surface area contributed by atoms with Crippen LogP contribution in [0.1, 0.15) is 34.1 Å². The third-order valence-electron chi connectivity index (χ3n) is 3.90. The number of halogens is 1. The van der Waals surface area contributed by atoms with Gasteiger partial charge in [0, 0.05) is 31.9 Å². The minimum atomic E-state index is -3.56. The largest absolute Gasteiger partial charge is 0.352 e. The van der Waals surface area contributed by atoms with Crippen LogP contribution in [-0.2, 0) is 10.0 Å². The van der Waals surface area contributed by atoms with Crippen LogP contribution in [0.15, 0.2) is 47.4 Å². The summed E-state index contributed by atoms with van der Waals surface area (Å²) in [7, 11) is -0.685. The SMILES string of the molecule is CCCNC(=O)c1ccc(NC(=O)c2ccc(S(=O)(=O)N(C)C)cc2)cc1Cl. The van der Waals surface area contributed by atoms with Gasteiger partial charge < -0.3 is 10.6 Å². The molecule has 0 aliphatic carbocycles. The predicted octanol–water partition coefficient (Wildman–Crippen LogP) is 2.98. The van der Waals surface area contributed by atoms with Crippen molar-refractivity contribution in [3.63, 3.8) is 0 Å². The van der Waals surface area contributed by atoms with E-state index in [2.05, 4.69) is 10.6 Å². The quantitative estimate of drug-likeness (QED) is 0.715. The lowest BCUT2D eigenvalue weighted by Crippen LogP contribution is -2.24. The van der Waals surface area contributed by atoms with Gasteiger partial charge in [-0.3, -0.25) is 9.59 Å². The minimum absolute atomic E-state index is 0.0968. The normalized spacial score (nSPS) is 11.3. The Morgan fingerprint density at radius 2 is 1.68 bits per heavy atom. The van der Waals surface area contributed by atoms with Crippen LogP contribution >= 0.6 is 11.6 Å². The van der Waals surface area contributed by atoms with Crippen molar-refractivity contribution in [1.29, 1.82) is 0 Å². The Balaban J connectivity index is 2.13. The number of carbonyl (C=O) groups is 2. The molecule has 9 heteroatoms. The van der Waals surface area contributed by atoms with Crippen LogP contribution in [0.25, 0.3) is 0 Å². The summed E-state index contributed by atoms with van der Waals surface area (Å²) in [4.78, 5) is 24.5. The zero-order valence-corrected chi connectivity index (χ0v) is 17.4. The van der Waals surface area contributed by atoms with E-state index < -0.39 is 15.9 Å². The fourth-order valence-corrected chi connectivity index (χ4v) is 3.47. The number of nitrogens with zero attached hydrogens (tertiary/aromatic N) is 1. The molecule has 0 fully saturated rings. The van der Waals surface area contributed by atoms with Crippen LogP contribution in [0.5, 0.6) is 0 Å². The second kappa shape index (κ2) is 9.18. The van der Waals surface area contributed by atoms with E-state index in [1.807, 2.05) is 6.92 Å². The second-order valence-electron chi connectivity index (χ2n) is 6.22. The fraction of sp³-hybridized carbons (Fsp3) is 0.263. The maximum absolute atomic E-state index is 12.4. The Morgan fingerprint density at radius 1 is 1.04 bits per heavy atom. The second-order valence-corrected chi connectivity index (χ2v) is 8.78. The Morgan fingerprint density at radius 3 is 2.21 bits per heavy atom. The first-order valence-electron chi connectivity index (χ1n) is 8.58. The van der Waals surface area contributed by atoms with Crippen LogP contribution in [0.4, 0.5) is 5.69 Å². The van der Waals surface area contributed by atoms with E-state index in [9.17, 15) is 18.0 Å². The van der Waals surface area contributed by atoms with Crippen molar-refractivity contribution < 1.29 is 18.0 Å². The van der Waals surface area contributed by atoms with Crippen LogP contribution < -0.4 is 10.6 Å². The molecular weight excluding hydrogens is 402 g/mol. The number of hydrogen-bond donors (Lipinski definition) is 2. The first kappa shape index (κ1) is 21.9. The van der Waals surface area contributed by atoms with E-state index >= 15 is 0 Å². The molecular formula is C19H22ClN3O4S. The van der Waals surface area contributed by atoms with Gasteiger partial charge in [-0.1, -0.05) is 18.5 Å². The molecule has 28 heavy (non-hydrogen) atoms. The van der Waals surface area contributed by atoms with Gasteiger partial charge in [0.2, 0.25) is 10.0 Å². The number of carbonyl (C=O) groups excluding carboxylic acids is 2. The van der Waals surface area contributed by atoms with Gasteiger partial charge in [0.1, 0.15) is 0 Å². The van der Waals surface area contributed by atoms with E-state index in [1.165, 1.54) is 50.5 Å². The maximum atomic E-state index is 12.4. The van der Waals surface area contributed by atoms with Crippen molar-refractivity contribution in [1.82, 2.24) is 9.62 Å². The first-order chi connectivity index (χ1) is 13.2. The molecule has 0 spiro atoms. The summed E-state index contributed by atoms with van der Waals surface area (Å²) in [6, 6.07) is 10.2. The van der Waals surface area contributed by atoms with Crippen LogP contribution in [-0.4, -0.2) is 45.2 Å². The number of anilines is 1. The van der Waals surface area contributed by atoms with Crippen molar-refractivity contribution in [3.05, 3.63) is 58.6 Å². The smallest absolute Gasteiger partial charge is 0.255 e. The summed E-state index contributed by atoms with van der Waals surface area (Å²) < 4.78 is 25.2. The van der Waals surface area contributed by atoms with Gasteiger partial charge >= 0.3 is 0 Å². The molecule has 0 saturated carbocycles. The molecule has 0 heterocycles. The van der Waals surface area contributed by atoms with E-state index in [0.717, 1.165) is 10.7 Å². The van der Waals surface area contributed by atoms with Crippen LogP contribution in [0, 0.1) is 0 Å². The van der Waals surface area contributed by atoms with E-state index in [4.69, 9.17) is 11.6 Å². The summed E-state index contributed by atoms with van der Waals surface area (Å²) in [5, 5.41) is 5.63. The lowest BCUT2D eigenvalue weighted by atomic mass is 10.1. The topological polar surface area (TPSA) is 95.6 Å². The van der Waals surface area contributed by atoms with Gasteiger partial charge in [0.15, 0.2) is 0 Å². The number of nitrogens with one attached hydrogen (secondary N) is 2. The van der Waals surface area contributed by atoms with Crippen molar-refractivity contribution in [2.24, 2.45) is 0 Å². The number of rotatable bonds is 7. The van der Waals surface area contributed by atoms with E-state index in [-0.39, 0.29) is 15.8 Å². The van der Waals surface area contributed by atoms with E-state index in [1.54, 1.807) is 6.07 Å². The van der Waals surface area contributed by atoms with Gasteiger partial charge in [-0.2, -0.15) is 0 Å². The van der Waals surface area contributed by atoms with Crippen molar-refractivity contribution in [3.8, 4) is 0 Å². The summed E-state index contributed by atoms with van der Waals surface area (Å²) in [6.07, 6.45) is 0.812. The highest BCUT2D eigenvalue weighted by Gasteiger charge is 2.18. The number of hydrogen-bond acceptors (Lipinski definition) is 4. The zero-order valence-electron chi connectivity index (χ0n) is 15.8. The monoisotopic (exact) mass is 423 g/mol. The molecule has 150 valence electrons. The summed E-state index contributed by atoms with van der Waals surface area (Å²) in [5.41, 5.74) is 1.04. The molecule has 0 atom stereocenters. The Kier molecular flexibility index (Phi) is 7.17. The maximum Gasteiger partial charge on any atom is 0.255 e. The molecule has 2 amide bonds. The summed E-state index contributed by atoms with van der Waals surface area (Å²) >= 11 is 6.15. The van der Waals surface area contributed by atoms with Gasteiger partial charge in [-0.05, 0) is 48.9 Å². The van der Waals surface area contributed by atoms with Crippen LogP contribution in [0.3, 0.4) is 0 Å². The first-order valence-corrected chi connectivity index (χ1v) is 10.4. The lowest BCUT2D eigenvalue weighted by molar-refractivity contribution is 0.0953. The molecule has 2 rings (SSSR count). The molecule has 7 nitrogen and oxygen atoms in total. The molecule has 0 aliphatic rings. The molecule has 0 aliphatic heterocycles. The van der Waals surface area contributed by atoms with Crippen molar-refractivity contribution in [2.45, 2.75) is 18.2 Å². The number of sulfonamides is 1. The van der Waals surface area contributed by atoms with Crippen molar-refractivity contribution >= 4 is 39.1 Å². The third-order valence-corrected chi connectivity index (χ3v) is 6.04. The standard InChI is InChI=1S/C19H22ClN3O4S/c1-4-11-21-19(25)16-10-7-14(12-17(16)20)22-18(24)13-5-8-15(9-6-13)28(26,27)23(2)3/h5-10,12H,4,11H2,1-3H3,(H,21,25)(H,22,24). The average molecular weight is 424 g/mol. The molecule has 2 aromatic rings. The van der Waals surface area contributed by atoms with Gasteiger partial charge in [0.05, 0.1) is 15.5 Å². The fourth-order valence-electron chi connectivity index (χ4n) is 2.30. The zero-order chi connectivity index (χ0) is 20.9. The van der Waals surface area contributed by atoms with Gasteiger partial charge in [-0.15, -0.1) is 0 Å². The third kappa shape index (κ3) is 5.09. The summed E-state index contributed by atoms with van der Waals surface area (Å²) in [5.74, 6) is -0.699. The molecule has 2 aromatic carbocycles. The van der Waals surface area contributed by atoms with E-state index in [0.29, 0.717) is 23.4 Å². The highest BCUT2D eigenvalue weighted by atomic mass is 35.5. The Bertz CT molecular complexity index is 973. The summed E-state index contributed by atoms with van der Waals surface area (Å²) in [6.45, 7) is 2.50. The van der Waals surface area contributed by atoms with Crippen molar-refractivity contribution in [2.75, 3.05) is 26.0 Å². The van der Waals surface area contributed by atoms with Crippen LogP contribution in [0.2, 0.25) is 5.02 Å². The molecule has 0 aromatic heterocycles.